The lowest BCUT2D eigenvalue weighted by atomic mass is 10.0. The normalized spacial score (nSPS) is 27.9. The van der Waals surface area contributed by atoms with Crippen LogP contribution in [0.4, 0.5) is 13.2 Å². The molecule has 1 heterocycles. The van der Waals surface area contributed by atoms with Crippen LogP contribution in [0.2, 0.25) is 0 Å². The first-order valence-electron chi connectivity index (χ1n) is 6.33. The number of halogens is 3. The van der Waals surface area contributed by atoms with E-state index in [9.17, 15) is 27.6 Å². The third-order valence-electron chi connectivity index (χ3n) is 2.71. The van der Waals surface area contributed by atoms with Gasteiger partial charge in [0.25, 0.3) is 0 Å². The van der Waals surface area contributed by atoms with E-state index < -0.39 is 55.3 Å². The molecule has 0 saturated carbocycles. The lowest BCUT2D eigenvalue weighted by Crippen LogP contribution is -2.58. The maximum atomic E-state index is 12.3. The number of ether oxygens (including phenoxy) is 5. The third kappa shape index (κ3) is 5.36. The van der Waals surface area contributed by atoms with Crippen LogP contribution in [0.5, 0.6) is 0 Å². The minimum absolute atomic E-state index is 0.546. The molecule has 0 aromatic rings. The number of carbonyl (C=O) groups excluding carboxylic acids is 3. The molecule has 1 rings (SSSR count). The van der Waals surface area contributed by atoms with Crippen molar-refractivity contribution in [1.82, 2.24) is 0 Å². The molecule has 0 radical (unpaired) electrons. The molecule has 11 heteroatoms. The van der Waals surface area contributed by atoms with Crippen molar-refractivity contribution in [3.05, 3.63) is 0 Å². The van der Waals surface area contributed by atoms with Crippen LogP contribution in [0.1, 0.15) is 13.8 Å². The molecule has 1 aliphatic rings. The van der Waals surface area contributed by atoms with E-state index in [1.54, 1.807) is 0 Å². The minimum Gasteiger partial charge on any atom is -0.454 e. The first kappa shape index (κ1) is 19.2. The van der Waals surface area contributed by atoms with Gasteiger partial charge in [0.1, 0.15) is 0 Å². The van der Waals surface area contributed by atoms with E-state index in [1.807, 2.05) is 0 Å². The van der Waals surface area contributed by atoms with Crippen LogP contribution < -0.4 is 0 Å². The molecule has 0 amide bonds. The molecule has 4 atom stereocenters. The Morgan fingerprint density at radius 2 is 1.52 bits per heavy atom. The van der Waals surface area contributed by atoms with E-state index in [0.29, 0.717) is 0 Å². The van der Waals surface area contributed by atoms with Gasteiger partial charge in [-0.25, -0.2) is 4.79 Å². The van der Waals surface area contributed by atoms with E-state index in [0.717, 1.165) is 13.8 Å². The van der Waals surface area contributed by atoms with Gasteiger partial charge in [-0.15, -0.1) is 0 Å². The summed E-state index contributed by atoms with van der Waals surface area (Å²) in [6.07, 6.45) is -11.0. The summed E-state index contributed by atoms with van der Waals surface area (Å²) < 4.78 is 60.8. The highest BCUT2D eigenvalue weighted by Gasteiger charge is 2.50. The zero-order chi connectivity index (χ0) is 17.8. The van der Waals surface area contributed by atoms with E-state index in [4.69, 9.17) is 18.9 Å². The van der Waals surface area contributed by atoms with Gasteiger partial charge in [-0.05, 0) is 0 Å². The second-order valence-corrected chi connectivity index (χ2v) is 4.53. The van der Waals surface area contributed by atoms with Crippen LogP contribution in [0.25, 0.3) is 0 Å². The summed E-state index contributed by atoms with van der Waals surface area (Å²) >= 11 is 0. The zero-order valence-electron chi connectivity index (χ0n) is 12.4. The lowest BCUT2D eigenvalue weighted by molar-refractivity contribution is -0.280. The van der Waals surface area contributed by atoms with Crippen molar-refractivity contribution in [2.24, 2.45) is 0 Å². The highest BCUT2D eigenvalue weighted by molar-refractivity contribution is 5.76. The molecule has 23 heavy (non-hydrogen) atoms. The van der Waals surface area contributed by atoms with Crippen molar-refractivity contribution in [2.45, 2.75) is 44.6 Å². The standard InChI is InChI=1S/C12H15F3O8/c1-5(16)21-8-7(23-11(18)12(13,14)15)4-20-10(19-3)9(8)22-6(2)17/h7-10H,4H2,1-3H3. The van der Waals surface area contributed by atoms with E-state index in [-0.39, 0.29) is 0 Å². The summed E-state index contributed by atoms with van der Waals surface area (Å²) in [7, 11) is 1.19. The Bertz CT molecular complexity index is 464. The fourth-order valence-corrected chi connectivity index (χ4v) is 1.90. The van der Waals surface area contributed by atoms with E-state index >= 15 is 0 Å². The van der Waals surface area contributed by atoms with Gasteiger partial charge in [0.15, 0.2) is 24.6 Å². The number of rotatable bonds is 4. The van der Waals surface area contributed by atoms with Crippen LogP contribution in [-0.4, -0.2) is 62.4 Å². The summed E-state index contributed by atoms with van der Waals surface area (Å²) in [4.78, 5) is 33.3. The first-order chi connectivity index (χ1) is 10.6. The average Bonchev–Trinajstić information content (AvgIpc) is 2.40. The molecule has 0 spiro atoms. The molecule has 132 valence electrons. The molecule has 0 aromatic heterocycles. The van der Waals surface area contributed by atoms with Crippen molar-refractivity contribution >= 4 is 17.9 Å². The highest BCUT2D eigenvalue weighted by atomic mass is 19.4. The molecule has 0 aromatic carbocycles. The SMILES string of the molecule is COC1OCC(OC(=O)C(F)(F)F)C(OC(C)=O)C1OC(C)=O. The minimum atomic E-state index is -5.24. The number of esters is 3. The van der Waals surface area contributed by atoms with Crippen LogP contribution in [0.15, 0.2) is 0 Å². The quantitative estimate of drug-likeness (QED) is 0.532. The summed E-state index contributed by atoms with van der Waals surface area (Å²) in [6, 6.07) is 0. The second kappa shape index (κ2) is 7.59. The van der Waals surface area contributed by atoms with Gasteiger partial charge in [0, 0.05) is 21.0 Å². The Morgan fingerprint density at radius 1 is 1.00 bits per heavy atom. The Balaban J connectivity index is 3.01. The zero-order valence-corrected chi connectivity index (χ0v) is 12.4. The molecule has 1 aliphatic heterocycles. The Morgan fingerprint density at radius 3 is 1.96 bits per heavy atom. The maximum Gasteiger partial charge on any atom is 0.490 e. The maximum absolute atomic E-state index is 12.3. The van der Waals surface area contributed by atoms with Gasteiger partial charge in [0.2, 0.25) is 0 Å². The van der Waals surface area contributed by atoms with Crippen molar-refractivity contribution in [1.29, 1.82) is 0 Å². The molecule has 0 N–H and O–H groups in total. The average molecular weight is 344 g/mol. The van der Waals surface area contributed by atoms with Crippen molar-refractivity contribution in [3.8, 4) is 0 Å². The van der Waals surface area contributed by atoms with Gasteiger partial charge in [-0.2, -0.15) is 13.2 Å². The predicted octanol–water partition coefficient (Wildman–Crippen LogP) is 0.327. The topological polar surface area (TPSA) is 97.4 Å². The van der Waals surface area contributed by atoms with Crippen LogP contribution in [0.3, 0.4) is 0 Å². The van der Waals surface area contributed by atoms with Crippen LogP contribution >= 0.6 is 0 Å². The lowest BCUT2D eigenvalue weighted by Gasteiger charge is -2.39. The number of hydrogen-bond donors (Lipinski definition) is 0. The fraction of sp³-hybridized carbons (Fsp3) is 0.750. The Labute approximate surface area is 128 Å². The van der Waals surface area contributed by atoms with Gasteiger partial charge in [-0.3, -0.25) is 9.59 Å². The van der Waals surface area contributed by atoms with Crippen molar-refractivity contribution in [2.75, 3.05) is 13.7 Å². The number of methoxy groups -OCH3 is 1. The molecule has 4 unspecified atom stereocenters. The fourth-order valence-electron chi connectivity index (χ4n) is 1.90. The monoisotopic (exact) mass is 344 g/mol. The van der Waals surface area contributed by atoms with E-state index in [2.05, 4.69) is 4.74 Å². The first-order valence-corrected chi connectivity index (χ1v) is 6.33. The van der Waals surface area contributed by atoms with Crippen molar-refractivity contribution < 1.29 is 51.2 Å². The van der Waals surface area contributed by atoms with E-state index in [1.165, 1.54) is 7.11 Å². The summed E-state index contributed by atoms with van der Waals surface area (Å²) in [5.41, 5.74) is 0. The Kier molecular flexibility index (Phi) is 6.33. The Hall–Kier alpha value is -1.88. The summed E-state index contributed by atoms with van der Waals surface area (Å²) in [5.74, 6) is -4.18. The summed E-state index contributed by atoms with van der Waals surface area (Å²) in [6.45, 7) is 1.48. The summed E-state index contributed by atoms with van der Waals surface area (Å²) in [5, 5.41) is 0. The second-order valence-electron chi connectivity index (χ2n) is 4.53. The number of carbonyl (C=O) groups is 3. The predicted molar refractivity (Wildman–Crippen MR) is 63.8 cm³/mol. The molecule has 8 nitrogen and oxygen atoms in total. The van der Waals surface area contributed by atoms with Gasteiger partial charge >= 0.3 is 24.1 Å². The third-order valence-corrected chi connectivity index (χ3v) is 2.71. The van der Waals surface area contributed by atoms with Crippen LogP contribution in [-0.2, 0) is 38.1 Å². The molecule has 0 bridgehead atoms. The highest BCUT2D eigenvalue weighted by Crippen LogP contribution is 2.27. The largest absolute Gasteiger partial charge is 0.490 e. The number of alkyl halides is 3. The molecule has 1 saturated heterocycles. The smallest absolute Gasteiger partial charge is 0.454 e. The van der Waals surface area contributed by atoms with Crippen LogP contribution in [0, 0.1) is 0 Å². The molecule has 0 aliphatic carbocycles. The van der Waals surface area contributed by atoms with Gasteiger partial charge in [-0.1, -0.05) is 0 Å². The van der Waals surface area contributed by atoms with Gasteiger partial charge < -0.3 is 23.7 Å². The van der Waals surface area contributed by atoms with Crippen molar-refractivity contribution in [3.63, 3.8) is 0 Å². The molecular weight excluding hydrogens is 329 g/mol. The number of hydrogen-bond acceptors (Lipinski definition) is 8. The molecular formula is C12H15F3O8. The van der Waals surface area contributed by atoms with Gasteiger partial charge in [0.05, 0.1) is 6.61 Å². The molecule has 1 fully saturated rings.